The Bertz CT molecular complexity index is 1300. The predicted molar refractivity (Wildman–Crippen MR) is 135 cm³/mol. The molecule has 0 aliphatic rings. The van der Waals surface area contributed by atoms with E-state index in [9.17, 15) is 4.79 Å². The lowest BCUT2D eigenvalue weighted by Gasteiger charge is -2.11. The maximum atomic E-state index is 12.3. The normalized spacial score (nSPS) is 11.3. The number of methoxy groups -OCH3 is 2. The molecule has 0 atom stereocenters. The van der Waals surface area contributed by atoms with E-state index in [4.69, 9.17) is 13.9 Å². The van der Waals surface area contributed by atoms with E-state index in [0.29, 0.717) is 16.7 Å². The Balaban J connectivity index is 1.49. The Morgan fingerprint density at radius 3 is 2.43 bits per heavy atom. The summed E-state index contributed by atoms with van der Waals surface area (Å²) in [6.45, 7) is 0. The van der Waals surface area contributed by atoms with Crippen molar-refractivity contribution in [3.05, 3.63) is 78.8 Å². The highest BCUT2D eigenvalue weighted by Crippen LogP contribution is 2.29. The first kappa shape index (κ1) is 23.8. The first-order valence-corrected chi connectivity index (χ1v) is 11.6. The van der Waals surface area contributed by atoms with Gasteiger partial charge >= 0.3 is 0 Å². The van der Waals surface area contributed by atoms with E-state index in [1.165, 1.54) is 18.0 Å². The molecule has 1 N–H and O–H groups in total. The van der Waals surface area contributed by atoms with Crippen molar-refractivity contribution in [2.75, 3.05) is 20.0 Å². The molecule has 2 aromatic carbocycles. The number of allylic oxidation sites excluding steroid dienone is 1. The first-order valence-electron chi connectivity index (χ1n) is 10.6. The van der Waals surface area contributed by atoms with Gasteiger partial charge in [0.1, 0.15) is 17.3 Å². The molecule has 0 unspecified atom stereocenters. The van der Waals surface area contributed by atoms with E-state index >= 15 is 0 Å². The molecule has 0 bridgehead atoms. The summed E-state index contributed by atoms with van der Waals surface area (Å²) in [5.41, 5.74) is 4.20. The molecular formula is C25H23N5O4S. The topological polar surface area (TPSA) is 104 Å². The van der Waals surface area contributed by atoms with Crippen LogP contribution in [0, 0.1) is 0 Å². The van der Waals surface area contributed by atoms with Crippen molar-refractivity contribution in [1.29, 1.82) is 0 Å². The highest BCUT2D eigenvalue weighted by atomic mass is 32.2. The Labute approximate surface area is 206 Å². The van der Waals surface area contributed by atoms with Crippen molar-refractivity contribution in [1.82, 2.24) is 20.2 Å². The van der Waals surface area contributed by atoms with Crippen LogP contribution in [-0.4, -0.2) is 46.9 Å². The second kappa shape index (κ2) is 11.7. The number of carbonyl (C=O) groups is 1. The van der Waals surface area contributed by atoms with Gasteiger partial charge in [-0.15, -0.1) is 10.2 Å². The van der Waals surface area contributed by atoms with Gasteiger partial charge in [0.2, 0.25) is 0 Å². The predicted octanol–water partition coefficient (Wildman–Crippen LogP) is 4.45. The van der Waals surface area contributed by atoms with Gasteiger partial charge in [0, 0.05) is 17.5 Å². The third-order valence-corrected chi connectivity index (χ3v) is 5.73. The number of nitrogens with one attached hydrogen (secondary N) is 1. The number of ether oxygens (including phenoxy) is 2. The lowest BCUT2D eigenvalue weighted by Crippen LogP contribution is -2.19. The molecule has 4 aromatic rings. The van der Waals surface area contributed by atoms with E-state index in [-0.39, 0.29) is 11.7 Å². The number of aromatic nitrogens is 3. The van der Waals surface area contributed by atoms with E-state index in [0.717, 1.165) is 22.7 Å². The van der Waals surface area contributed by atoms with Crippen LogP contribution in [0.15, 0.2) is 87.7 Å². The van der Waals surface area contributed by atoms with Crippen LogP contribution in [0.5, 0.6) is 11.5 Å². The zero-order valence-electron chi connectivity index (χ0n) is 19.1. The number of amides is 1. The molecule has 2 heterocycles. The molecule has 0 aliphatic heterocycles. The van der Waals surface area contributed by atoms with Gasteiger partial charge in [0.15, 0.2) is 11.0 Å². The summed E-state index contributed by atoms with van der Waals surface area (Å²) in [5.74, 6) is 2.66. The van der Waals surface area contributed by atoms with Crippen LogP contribution in [0.1, 0.15) is 5.76 Å². The average Bonchev–Trinajstić information content (AvgIpc) is 3.57. The number of hydrazone groups is 1. The van der Waals surface area contributed by atoms with E-state index in [1.807, 2.05) is 59.2 Å². The molecule has 9 nitrogen and oxygen atoms in total. The summed E-state index contributed by atoms with van der Waals surface area (Å²) in [5, 5.41) is 13.2. The number of benzene rings is 2. The fourth-order valence-corrected chi connectivity index (χ4v) is 3.84. The van der Waals surface area contributed by atoms with Gasteiger partial charge in [-0.3, -0.25) is 9.36 Å². The number of furan rings is 1. The average molecular weight is 490 g/mol. The minimum atomic E-state index is -0.270. The van der Waals surface area contributed by atoms with Crippen molar-refractivity contribution in [2.45, 2.75) is 5.16 Å². The molecular weight excluding hydrogens is 466 g/mol. The molecule has 0 saturated carbocycles. The van der Waals surface area contributed by atoms with Crippen molar-refractivity contribution >= 4 is 30.0 Å². The molecule has 35 heavy (non-hydrogen) atoms. The number of rotatable bonds is 10. The standard InChI is InChI=1S/C25H23N5O4S/c1-32-20-11-7-18(8-12-20)24-28-29-25(30(24)19-9-13-21(33-2)14-10-19)35-17-23(31)27-26-15-3-5-22-6-4-16-34-22/h3-16H,17H2,1-2H3,(H,27,31)/b5-3+,26-15?. The molecule has 0 saturated heterocycles. The van der Waals surface area contributed by atoms with Crippen LogP contribution in [0.3, 0.4) is 0 Å². The minimum Gasteiger partial charge on any atom is -0.497 e. The van der Waals surface area contributed by atoms with Gasteiger partial charge < -0.3 is 13.9 Å². The molecule has 4 rings (SSSR count). The number of nitrogens with zero attached hydrogens (tertiary/aromatic N) is 4. The lowest BCUT2D eigenvalue weighted by molar-refractivity contribution is -0.118. The smallest absolute Gasteiger partial charge is 0.250 e. The van der Waals surface area contributed by atoms with Gasteiger partial charge in [-0.05, 0) is 72.8 Å². The van der Waals surface area contributed by atoms with Crippen molar-refractivity contribution in [2.24, 2.45) is 5.10 Å². The molecule has 0 spiro atoms. The van der Waals surface area contributed by atoms with Crippen molar-refractivity contribution < 1.29 is 18.7 Å². The highest BCUT2D eigenvalue weighted by Gasteiger charge is 2.17. The Morgan fingerprint density at radius 1 is 1.06 bits per heavy atom. The Morgan fingerprint density at radius 2 is 1.77 bits per heavy atom. The largest absolute Gasteiger partial charge is 0.497 e. The maximum Gasteiger partial charge on any atom is 0.250 e. The summed E-state index contributed by atoms with van der Waals surface area (Å²) < 4.78 is 17.6. The quantitative estimate of drug-likeness (QED) is 0.199. The van der Waals surface area contributed by atoms with Crippen LogP contribution in [0.2, 0.25) is 0 Å². The summed E-state index contributed by atoms with van der Waals surface area (Å²) in [4.78, 5) is 12.3. The highest BCUT2D eigenvalue weighted by molar-refractivity contribution is 7.99. The summed E-state index contributed by atoms with van der Waals surface area (Å²) in [6, 6.07) is 18.7. The van der Waals surface area contributed by atoms with Crippen LogP contribution in [0.4, 0.5) is 0 Å². The number of hydrogen-bond acceptors (Lipinski definition) is 8. The first-order chi connectivity index (χ1) is 17.2. The lowest BCUT2D eigenvalue weighted by atomic mass is 10.2. The minimum absolute atomic E-state index is 0.107. The van der Waals surface area contributed by atoms with Crippen molar-refractivity contribution in [3.8, 4) is 28.6 Å². The van der Waals surface area contributed by atoms with Gasteiger partial charge in [-0.25, -0.2) is 5.43 Å². The molecule has 10 heteroatoms. The summed E-state index contributed by atoms with van der Waals surface area (Å²) >= 11 is 1.26. The second-order valence-electron chi connectivity index (χ2n) is 7.04. The number of hydrogen-bond donors (Lipinski definition) is 1. The third-order valence-electron chi connectivity index (χ3n) is 4.80. The summed E-state index contributed by atoms with van der Waals surface area (Å²) in [7, 11) is 3.24. The zero-order valence-corrected chi connectivity index (χ0v) is 19.9. The van der Waals surface area contributed by atoms with Crippen molar-refractivity contribution in [3.63, 3.8) is 0 Å². The molecule has 0 fully saturated rings. The van der Waals surface area contributed by atoms with Gasteiger partial charge in [0.05, 0.1) is 26.2 Å². The molecule has 1 amide bonds. The van der Waals surface area contributed by atoms with Crippen LogP contribution in [0.25, 0.3) is 23.2 Å². The van der Waals surface area contributed by atoms with Crippen LogP contribution in [-0.2, 0) is 4.79 Å². The number of carbonyl (C=O) groups excluding carboxylic acids is 1. The van der Waals surface area contributed by atoms with Crippen LogP contribution < -0.4 is 14.9 Å². The SMILES string of the molecule is COc1ccc(-c2nnc(SCC(=O)NN=C/C=C/c3ccco3)n2-c2ccc(OC)cc2)cc1. The Hall–Kier alpha value is -4.31. The molecule has 0 radical (unpaired) electrons. The van der Waals surface area contributed by atoms with Crippen LogP contribution >= 0.6 is 11.8 Å². The monoisotopic (exact) mass is 489 g/mol. The maximum absolute atomic E-state index is 12.3. The number of thioether (sulfide) groups is 1. The fourth-order valence-electron chi connectivity index (χ4n) is 3.09. The second-order valence-corrected chi connectivity index (χ2v) is 7.99. The van der Waals surface area contributed by atoms with Gasteiger partial charge in [-0.2, -0.15) is 5.10 Å². The van der Waals surface area contributed by atoms with E-state index in [1.54, 1.807) is 38.7 Å². The van der Waals surface area contributed by atoms with Gasteiger partial charge in [-0.1, -0.05) is 11.8 Å². The summed E-state index contributed by atoms with van der Waals surface area (Å²) in [6.07, 6.45) is 6.48. The Kier molecular flexibility index (Phi) is 7.97. The molecule has 178 valence electrons. The molecule has 2 aromatic heterocycles. The molecule has 0 aliphatic carbocycles. The fraction of sp³-hybridized carbons (Fsp3) is 0.120. The third kappa shape index (κ3) is 6.18. The van der Waals surface area contributed by atoms with E-state index < -0.39 is 0 Å². The zero-order chi connectivity index (χ0) is 24.5. The van der Waals surface area contributed by atoms with E-state index in [2.05, 4.69) is 20.7 Å². The van der Waals surface area contributed by atoms with Gasteiger partial charge in [0.25, 0.3) is 5.91 Å².